The summed E-state index contributed by atoms with van der Waals surface area (Å²) in [6.07, 6.45) is 1.68. The molecule has 7 heteroatoms. The maximum absolute atomic E-state index is 13.5. The van der Waals surface area contributed by atoms with Gasteiger partial charge in [-0.15, -0.1) is 0 Å². The number of Topliss-reactive ketones (excluding diaryl/α,β-unsaturated/α-hetero) is 2. The molecule has 2 aliphatic rings. The van der Waals surface area contributed by atoms with Crippen molar-refractivity contribution in [2.75, 3.05) is 17.8 Å². The molecule has 0 amide bonds. The number of fused-ring (bicyclic) bond motifs is 1. The molecule has 1 heterocycles. The van der Waals surface area contributed by atoms with Crippen LogP contribution in [-0.2, 0) is 10.0 Å². The van der Waals surface area contributed by atoms with Crippen LogP contribution < -0.4 is 4.72 Å². The van der Waals surface area contributed by atoms with Crippen LogP contribution in [0.4, 0.5) is 5.69 Å². The molecule has 0 spiro atoms. The maximum atomic E-state index is 13.5. The molecule has 1 aliphatic heterocycles. The summed E-state index contributed by atoms with van der Waals surface area (Å²) in [6.45, 7) is 7.04. The van der Waals surface area contributed by atoms with E-state index in [2.05, 4.69) is 11.6 Å². The number of allylic oxidation sites excluding steroid dienone is 2. The number of sulfonamides is 1. The summed E-state index contributed by atoms with van der Waals surface area (Å²) >= 11 is 0. The van der Waals surface area contributed by atoms with E-state index >= 15 is 0 Å². The number of benzene rings is 2. The van der Waals surface area contributed by atoms with Crippen molar-refractivity contribution in [2.24, 2.45) is 5.92 Å². The molecule has 0 saturated carbocycles. The number of likely N-dealkylation sites (tertiary alicyclic amines) is 1. The highest BCUT2D eigenvalue weighted by Crippen LogP contribution is 2.34. The first kappa shape index (κ1) is 21.3. The minimum Gasteiger partial charge on any atom is -0.367 e. The van der Waals surface area contributed by atoms with Gasteiger partial charge in [-0.1, -0.05) is 37.3 Å². The van der Waals surface area contributed by atoms with Crippen LogP contribution in [0.25, 0.3) is 0 Å². The van der Waals surface area contributed by atoms with Gasteiger partial charge in [0.15, 0.2) is 4.91 Å². The summed E-state index contributed by atoms with van der Waals surface area (Å²) in [7, 11) is -4.29. The minimum atomic E-state index is -4.29. The number of nitrogens with zero attached hydrogens (tertiary/aromatic N) is 1. The standard InChI is InChI=1S/C24H26N2O4S/c1-15-10-12-26(13-11-15)21-22(27)19-6-4-5-7-20(19)23(28)24(21)31(29,30)25-18-9-8-16(2)17(3)14-18/h4-9,14-15,25H,10-13H2,1-3H3. The van der Waals surface area contributed by atoms with Crippen molar-refractivity contribution in [3.05, 3.63) is 75.3 Å². The molecular weight excluding hydrogens is 412 g/mol. The largest absolute Gasteiger partial charge is 0.367 e. The second-order valence-corrected chi connectivity index (χ2v) is 10.1. The molecule has 1 aliphatic carbocycles. The zero-order valence-electron chi connectivity index (χ0n) is 17.9. The number of ketones is 2. The number of aryl methyl sites for hydroxylation is 2. The lowest BCUT2D eigenvalue weighted by atomic mass is 9.90. The topological polar surface area (TPSA) is 83.6 Å². The van der Waals surface area contributed by atoms with Crippen molar-refractivity contribution >= 4 is 27.3 Å². The number of hydrogen-bond acceptors (Lipinski definition) is 5. The Kier molecular flexibility index (Phi) is 5.47. The molecule has 1 saturated heterocycles. The summed E-state index contributed by atoms with van der Waals surface area (Å²) in [4.78, 5) is 28.1. The van der Waals surface area contributed by atoms with Crippen LogP contribution >= 0.6 is 0 Å². The van der Waals surface area contributed by atoms with Crippen molar-refractivity contribution < 1.29 is 18.0 Å². The Bertz CT molecular complexity index is 1210. The molecule has 0 aromatic heterocycles. The SMILES string of the molecule is Cc1ccc(NS(=O)(=O)C2=C(N3CCC(C)CC3)C(=O)c3ccccc3C2=O)cc1C. The fraction of sp³-hybridized carbons (Fsp3) is 0.333. The molecule has 0 unspecified atom stereocenters. The van der Waals surface area contributed by atoms with E-state index in [0.29, 0.717) is 24.7 Å². The van der Waals surface area contributed by atoms with Crippen molar-refractivity contribution in [3.8, 4) is 0 Å². The highest BCUT2D eigenvalue weighted by molar-refractivity contribution is 7.97. The number of carbonyl (C=O) groups excluding carboxylic acids is 2. The summed E-state index contributed by atoms with van der Waals surface area (Å²) in [5, 5.41) is 0. The lowest BCUT2D eigenvalue weighted by molar-refractivity contribution is 0.0933. The number of anilines is 1. The van der Waals surface area contributed by atoms with Gasteiger partial charge in [0.2, 0.25) is 11.6 Å². The predicted octanol–water partition coefficient (Wildman–Crippen LogP) is 4.07. The van der Waals surface area contributed by atoms with Crippen LogP contribution in [0.5, 0.6) is 0 Å². The Hall–Kier alpha value is -2.93. The van der Waals surface area contributed by atoms with Crippen molar-refractivity contribution in [1.29, 1.82) is 0 Å². The van der Waals surface area contributed by atoms with Gasteiger partial charge in [0, 0.05) is 29.9 Å². The van der Waals surface area contributed by atoms with Gasteiger partial charge in [-0.25, -0.2) is 8.42 Å². The Morgan fingerprint density at radius 3 is 2.13 bits per heavy atom. The summed E-state index contributed by atoms with van der Waals surface area (Å²) in [6, 6.07) is 11.6. The second kappa shape index (κ2) is 7.96. The van der Waals surface area contributed by atoms with Crippen LogP contribution in [0, 0.1) is 19.8 Å². The average molecular weight is 439 g/mol. The van der Waals surface area contributed by atoms with Gasteiger partial charge in [-0.3, -0.25) is 14.3 Å². The molecule has 2 aromatic rings. The zero-order chi connectivity index (χ0) is 22.3. The Morgan fingerprint density at radius 1 is 0.903 bits per heavy atom. The van der Waals surface area contributed by atoms with E-state index in [9.17, 15) is 18.0 Å². The molecule has 162 valence electrons. The van der Waals surface area contributed by atoms with Gasteiger partial charge in [0.05, 0.1) is 0 Å². The van der Waals surface area contributed by atoms with Crippen molar-refractivity contribution in [1.82, 2.24) is 4.90 Å². The average Bonchev–Trinajstić information content (AvgIpc) is 2.73. The normalized spacial score (nSPS) is 17.7. The number of nitrogens with one attached hydrogen (secondary N) is 1. The molecule has 0 atom stereocenters. The van der Waals surface area contributed by atoms with E-state index in [1.165, 1.54) is 6.07 Å². The number of piperidine rings is 1. The summed E-state index contributed by atoms with van der Waals surface area (Å²) < 4.78 is 29.5. The van der Waals surface area contributed by atoms with E-state index in [-0.39, 0.29) is 16.8 Å². The third-order valence-corrected chi connectivity index (χ3v) is 7.60. The lowest BCUT2D eigenvalue weighted by Gasteiger charge is -2.35. The molecule has 2 aromatic carbocycles. The van der Waals surface area contributed by atoms with E-state index in [1.807, 2.05) is 19.9 Å². The van der Waals surface area contributed by atoms with Gasteiger partial charge in [0.1, 0.15) is 5.70 Å². The van der Waals surface area contributed by atoms with Gasteiger partial charge in [-0.2, -0.15) is 0 Å². The molecular formula is C24H26N2O4S. The molecule has 6 nitrogen and oxygen atoms in total. The van der Waals surface area contributed by atoms with Crippen molar-refractivity contribution in [2.45, 2.75) is 33.6 Å². The van der Waals surface area contributed by atoms with Crippen LogP contribution in [0.3, 0.4) is 0 Å². The third-order valence-electron chi connectivity index (χ3n) is 6.18. The number of carbonyl (C=O) groups is 2. The van der Waals surface area contributed by atoms with Crippen LogP contribution in [-0.4, -0.2) is 38.0 Å². The van der Waals surface area contributed by atoms with Crippen LogP contribution in [0.1, 0.15) is 51.6 Å². The van der Waals surface area contributed by atoms with E-state index < -0.39 is 26.5 Å². The van der Waals surface area contributed by atoms with E-state index in [4.69, 9.17) is 0 Å². The fourth-order valence-electron chi connectivity index (χ4n) is 4.12. The monoisotopic (exact) mass is 438 g/mol. The smallest absolute Gasteiger partial charge is 0.268 e. The first-order valence-corrected chi connectivity index (χ1v) is 11.9. The summed E-state index contributed by atoms with van der Waals surface area (Å²) in [5.41, 5.74) is 2.69. The molecule has 1 N–H and O–H groups in total. The molecule has 0 bridgehead atoms. The summed E-state index contributed by atoms with van der Waals surface area (Å²) in [5.74, 6) is -0.558. The van der Waals surface area contributed by atoms with Gasteiger partial charge in [-0.05, 0) is 55.9 Å². The van der Waals surface area contributed by atoms with Gasteiger partial charge >= 0.3 is 0 Å². The second-order valence-electron chi connectivity index (χ2n) is 8.46. The number of rotatable bonds is 4. The van der Waals surface area contributed by atoms with Gasteiger partial charge in [0.25, 0.3) is 10.0 Å². The quantitative estimate of drug-likeness (QED) is 0.778. The molecule has 31 heavy (non-hydrogen) atoms. The van der Waals surface area contributed by atoms with Crippen LogP contribution in [0.2, 0.25) is 0 Å². The molecule has 4 rings (SSSR count). The van der Waals surface area contributed by atoms with Crippen LogP contribution in [0.15, 0.2) is 53.1 Å². The first-order chi connectivity index (χ1) is 14.7. The fourth-order valence-corrected chi connectivity index (χ4v) is 5.49. The Balaban J connectivity index is 1.84. The zero-order valence-corrected chi connectivity index (χ0v) is 18.8. The molecule has 0 radical (unpaired) electrons. The van der Waals surface area contributed by atoms with Crippen molar-refractivity contribution in [3.63, 3.8) is 0 Å². The lowest BCUT2D eigenvalue weighted by Crippen LogP contribution is -2.41. The Labute approximate surface area is 183 Å². The van der Waals surface area contributed by atoms with E-state index in [0.717, 1.165) is 24.0 Å². The number of hydrogen-bond donors (Lipinski definition) is 1. The molecule has 1 fully saturated rings. The highest BCUT2D eigenvalue weighted by atomic mass is 32.2. The predicted molar refractivity (Wildman–Crippen MR) is 121 cm³/mol. The minimum absolute atomic E-state index is 0.00747. The third kappa shape index (κ3) is 3.90. The first-order valence-electron chi connectivity index (χ1n) is 10.5. The van der Waals surface area contributed by atoms with E-state index in [1.54, 1.807) is 35.2 Å². The Morgan fingerprint density at radius 2 is 1.52 bits per heavy atom. The van der Waals surface area contributed by atoms with Gasteiger partial charge < -0.3 is 4.90 Å². The maximum Gasteiger partial charge on any atom is 0.268 e. The highest BCUT2D eigenvalue weighted by Gasteiger charge is 2.42.